The molecule has 0 aliphatic rings. The molecule has 0 saturated heterocycles. The van der Waals surface area contributed by atoms with Crippen LogP contribution in [0.15, 0.2) is 34.8 Å². The van der Waals surface area contributed by atoms with E-state index in [1.165, 1.54) is 33.3 Å². The number of thioether (sulfide) groups is 1. The number of benzene rings is 1. The fourth-order valence-corrected chi connectivity index (χ4v) is 4.98. The van der Waals surface area contributed by atoms with Crippen LogP contribution in [0.5, 0.6) is 0 Å². The average molecular weight is 429 g/mol. The van der Waals surface area contributed by atoms with Crippen LogP contribution in [-0.2, 0) is 24.2 Å². The number of carbonyl (C=O) groups excluding carboxylic acids is 1. The predicted octanol–water partition coefficient (Wildman–Crippen LogP) is 5.58. The first-order valence-electron chi connectivity index (χ1n) is 10.1. The van der Waals surface area contributed by atoms with Gasteiger partial charge in [0, 0.05) is 28.1 Å². The van der Waals surface area contributed by atoms with E-state index in [1.54, 1.807) is 11.3 Å². The van der Waals surface area contributed by atoms with E-state index in [1.807, 2.05) is 24.3 Å². The zero-order chi connectivity index (χ0) is 20.8. The van der Waals surface area contributed by atoms with Gasteiger partial charge in [0.2, 0.25) is 5.91 Å². The van der Waals surface area contributed by atoms with Crippen LogP contribution >= 0.6 is 23.1 Å². The van der Waals surface area contributed by atoms with Gasteiger partial charge in [-0.15, -0.1) is 21.5 Å². The average Bonchev–Trinajstić information content (AvgIpc) is 3.29. The Hall–Kier alpha value is -2.12. The summed E-state index contributed by atoms with van der Waals surface area (Å²) in [6.45, 7) is 9.42. The van der Waals surface area contributed by atoms with Crippen molar-refractivity contribution in [3.63, 3.8) is 0 Å². The largest absolute Gasteiger partial charge is 0.325 e. The lowest BCUT2D eigenvalue weighted by Gasteiger charge is -2.10. The molecule has 1 aromatic carbocycles. The molecule has 0 bridgehead atoms. The number of hydrogen-bond donors (Lipinski definition) is 1. The normalized spacial score (nSPS) is 11.0. The molecular weight excluding hydrogens is 400 g/mol. The summed E-state index contributed by atoms with van der Waals surface area (Å²) in [7, 11) is 0. The lowest BCUT2D eigenvalue weighted by Crippen LogP contribution is -2.14. The summed E-state index contributed by atoms with van der Waals surface area (Å²) < 4.78 is 2.15. The number of carbonyl (C=O) groups is 1. The van der Waals surface area contributed by atoms with E-state index in [0.717, 1.165) is 42.5 Å². The van der Waals surface area contributed by atoms with Crippen LogP contribution in [0.2, 0.25) is 0 Å². The maximum Gasteiger partial charge on any atom is 0.234 e. The van der Waals surface area contributed by atoms with Crippen LogP contribution in [0.1, 0.15) is 43.2 Å². The summed E-state index contributed by atoms with van der Waals surface area (Å²) in [5, 5.41) is 14.8. The summed E-state index contributed by atoms with van der Waals surface area (Å²) in [5.74, 6) is 1.18. The van der Waals surface area contributed by atoms with Crippen molar-refractivity contribution in [2.75, 3.05) is 11.1 Å². The minimum atomic E-state index is -0.0347. The summed E-state index contributed by atoms with van der Waals surface area (Å²) >= 11 is 3.19. The maximum atomic E-state index is 12.4. The highest BCUT2D eigenvalue weighted by atomic mass is 32.2. The number of aromatic nitrogens is 3. The lowest BCUT2D eigenvalue weighted by atomic mass is 10.1. The molecule has 1 N–H and O–H groups in total. The maximum absolute atomic E-state index is 12.4. The van der Waals surface area contributed by atoms with Gasteiger partial charge in [0.1, 0.15) is 0 Å². The molecule has 29 heavy (non-hydrogen) atoms. The second-order valence-corrected chi connectivity index (χ2v) is 8.91. The molecule has 0 aliphatic carbocycles. The van der Waals surface area contributed by atoms with E-state index < -0.39 is 0 Å². The Balaban J connectivity index is 1.71. The van der Waals surface area contributed by atoms with Gasteiger partial charge in [-0.05, 0) is 49.4 Å². The van der Waals surface area contributed by atoms with E-state index in [2.05, 4.69) is 53.2 Å². The van der Waals surface area contributed by atoms with Gasteiger partial charge < -0.3 is 9.88 Å². The zero-order valence-corrected chi connectivity index (χ0v) is 19.1. The Morgan fingerprint density at radius 2 is 1.90 bits per heavy atom. The quantitative estimate of drug-likeness (QED) is 0.452. The standard InChI is InChI=1S/C22H28N4OS2/c1-5-12-26-21(19-13-28-15(4)18(19)7-3)24-25-22(26)29-14-20(27)23-17-10-8-16(6-2)9-11-17/h8-11,13H,5-7,12,14H2,1-4H3,(H,23,27). The van der Waals surface area contributed by atoms with Crippen LogP contribution < -0.4 is 5.32 Å². The molecule has 0 spiro atoms. The molecule has 0 unspecified atom stereocenters. The highest BCUT2D eigenvalue weighted by molar-refractivity contribution is 7.99. The highest BCUT2D eigenvalue weighted by Crippen LogP contribution is 2.32. The molecule has 2 aromatic heterocycles. The van der Waals surface area contributed by atoms with Gasteiger partial charge in [-0.25, -0.2) is 0 Å². The van der Waals surface area contributed by atoms with Crippen LogP contribution in [0.25, 0.3) is 11.4 Å². The predicted molar refractivity (Wildman–Crippen MR) is 123 cm³/mol. The van der Waals surface area contributed by atoms with E-state index in [0.29, 0.717) is 5.75 Å². The number of anilines is 1. The number of rotatable bonds is 9. The fourth-order valence-electron chi connectivity index (χ4n) is 3.28. The molecule has 7 heteroatoms. The van der Waals surface area contributed by atoms with Crippen LogP contribution in [0, 0.1) is 6.92 Å². The Morgan fingerprint density at radius 3 is 2.55 bits per heavy atom. The molecule has 0 atom stereocenters. The molecular formula is C22H28N4OS2. The summed E-state index contributed by atoms with van der Waals surface area (Å²) in [5.41, 5.74) is 4.59. The molecule has 3 aromatic rings. The smallest absolute Gasteiger partial charge is 0.234 e. The first-order valence-corrected chi connectivity index (χ1v) is 12.0. The Labute approximate surface area is 180 Å². The second kappa shape index (κ2) is 10.1. The van der Waals surface area contributed by atoms with E-state index in [-0.39, 0.29) is 5.91 Å². The van der Waals surface area contributed by atoms with Gasteiger partial charge in [0.15, 0.2) is 11.0 Å². The molecule has 5 nitrogen and oxygen atoms in total. The van der Waals surface area contributed by atoms with Gasteiger partial charge >= 0.3 is 0 Å². The topological polar surface area (TPSA) is 59.8 Å². The first kappa shape index (κ1) is 21.6. The molecule has 0 aliphatic heterocycles. The third-order valence-corrected chi connectivity index (χ3v) is 6.76. The Bertz CT molecular complexity index is 960. The Kier molecular flexibility index (Phi) is 7.50. The Morgan fingerprint density at radius 1 is 1.14 bits per heavy atom. The number of thiophene rings is 1. The minimum Gasteiger partial charge on any atom is -0.325 e. The molecule has 0 fully saturated rings. The van der Waals surface area contributed by atoms with Crippen molar-refractivity contribution in [2.24, 2.45) is 0 Å². The zero-order valence-electron chi connectivity index (χ0n) is 17.5. The van der Waals surface area contributed by atoms with Crippen molar-refractivity contribution in [3.8, 4) is 11.4 Å². The van der Waals surface area contributed by atoms with Crippen molar-refractivity contribution in [1.82, 2.24) is 14.8 Å². The van der Waals surface area contributed by atoms with Gasteiger partial charge in [-0.2, -0.15) is 0 Å². The molecule has 3 rings (SSSR count). The van der Waals surface area contributed by atoms with E-state index in [4.69, 9.17) is 0 Å². The van der Waals surface area contributed by atoms with Crippen molar-refractivity contribution >= 4 is 34.7 Å². The van der Waals surface area contributed by atoms with Crippen molar-refractivity contribution in [1.29, 1.82) is 0 Å². The summed E-state index contributed by atoms with van der Waals surface area (Å²) in [4.78, 5) is 13.7. The highest BCUT2D eigenvalue weighted by Gasteiger charge is 2.19. The second-order valence-electron chi connectivity index (χ2n) is 6.88. The number of amides is 1. The third kappa shape index (κ3) is 5.08. The number of nitrogens with zero attached hydrogens (tertiary/aromatic N) is 3. The van der Waals surface area contributed by atoms with Crippen LogP contribution in [-0.4, -0.2) is 26.4 Å². The molecule has 0 saturated carbocycles. The van der Waals surface area contributed by atoms with Crippen molar-refractivity contribution < 1.29 is 4.79 Å². The van der Waals surface area contributed by atoms with Crippen molar-refractivity contribution in [2.45, 2.75) is 58.7 Å². The van der Waals surface area contributed by atoms with Crippen LogP contribution in [0.4, 0.5) is 5.69 Å². The van der Waals surface area contributed by atoms with Gasteiger partial charge in [-0.1, -0.05) is 44.7 Å². The lowest BCUT2D eigenvalue weighted by molar-refractivity contribution is -0.113. The number of nitrogens with one attached hydrogen (secondary N) is 1. The molecule has 154 valence electrons. The van der Waals surface area contributed by atoms with Crippen molar-refractivity contribution in [3.05, 3.63) is 45.6 Å². The van der Waals surface area contributed by atoms with Gasteiger partial charge in [-0.3, -0.25) is 4.79 Å². The number of hydrogen-bond acceptors (Lipinski definition) is 5. The van der Waals surface area contributed by atoms with Gasteiger partial charge in [0.25, 0.3) is 0 Å². The first-order chi connectivity index (χ1) is 14.1. The summed E-state index contributed by atoms with van der Waals surface area (Å²) in [6, 6.07) is 7.98. The van der Waals surface area contributed by atoms with Gasteiger partial charge in [0.05, 0.1) is 5.75 Å². The number of aryl methyl sites for hydroxylation is 2. The minimum absolute atomic E-state index is 0.0347. The molecule has 0 radical (unpaired) electrons. The fraction of sp³-hybridized carbons (Fsp3) is 0.409. The van der Waals surface area contributed by atoms with E-state index >= 15 is 0 Å². The SMILES string of the molecule is CCCn1c(SCC(=O)Nc2ccc(CC)cc2)nnc1-c1csc(C)c1CC. The monoisotopic (exact) mass is 428 g/mol. The molecule has 2 heterocycles. The van der Waals surface area contributed by atoms with Crippen LogP contribution in [0.3, 0.4) is 0 Å². The van der Waals surface area contributed by atoms with E-state index in [9.17, 15) is 4.79 Å². The molecule has 1 amide bonds. The summed E-state index contributed by atoms with van der Waals surface area (Å²) in [6.07, 6.45) is 2.95. The third-order valence-electron chi connectivity index (χ3n) is 4.84.